The summed E-state index contributed by atoms with van der Waals surface area (Å²) in [6, 6.07) is 32.0. The Labute approximate surface area is 185 Å². The lowest BCUT2D eigenvalue weighted by atomic mass is 10.1. The minimum absolute atomic E-state index is 0.304. The zero-order chi connectivity index (χ0) is 21.2. The molecule has 0 amide bonds. The Hall–Kier alpha value is -3.63. The Morgan fingerprint density at radius 2 is 1.52 bits per heavy atom. The molecule has 0 aliphatic carbocycles. The quantitative estimate of drug-likeness (QED) is 0.308. The molecule has 0 saturated heterocycles. The molecule has 0 saturated carbocycles. The predicted molar refractivity (Wildman–Crippen MR) is 125 cm³/mol. The van der Waals surface area contributed by atoms with Gasteiger partial charge in [-0.3, -0.25) is 0 Å². The van der Waals surface area contributed by atoms with Crippen molar-refractivity contribution in [1.82, 2.24) is 15.0 Å². The molecule has 152 valence electrons. The van der Waals surface area contributed by atoms with Crippen LogP contribution in [0.2, 0.25) is 5.02 Å². The summed E-state index contributed by atoms with van der Waals surface area (Å²) in [7, 11) is 0. The molecule has 0 radical (unpaired) electrons. The van der Waals surface area contributed by atoms with Gasteiger partial charge >= 0.3 is 0 Å². The maximum Gasteiger partial charge on any atom is 0.142 e. The number of ether oxygens (including phenoxy) is 1. The van der Waals surface area contributed by atoms with Gasteiger partial charge in [-0.05, 0) is 42.6 Å². The number of aromatic nitrogens is 3. The summed E-state index contributed by atoms with van der Waals surface area (Å²) < 4.78 is 8.24. The monoisotopic (exact) mass is 425 g/mol. The number of halogens is 1. The van der Waals surface area contributed by atoms with E-state index in [2.05, 4.69) is 40.6 Å². The largest absolute Gasteiger partial charge is 0.484 e. The maximum atomic E-state index is 6.41. The lowest BCUT2D eigenvalue weighted by Crippen LogP contribution is -2.07. The zero-order valence-corrected chi connectivity index (χ0v) is 17.7. The first-order valence-electron chi connectivity index (χ1n) is 10.1. The second kappa shape index (κ2) is 8.25. The predicted octanol–water partition coefficient (Wildman–Crippen LogP) is 6.88. The molecule has 0 spiro atoms. The van der Waals surface area contributed by atoms with Gasteiger partial charge in [0.25, 0.3) is 0 Å². The third-order valence-corrected chi connectivity index (χ3v) is 5.51. The highest BCUT2D eigenvalue weighted by Crippen LogP contribution is 2.34. The van der Waals surface area contributed by atoms with Crippen molar-refractivity contribution < 1.29 is 4.74 Å². The van der Waals surface area contributed by atoms with Crippen LogP contribution in [0.1, 0.15) is 18.7 Å². The van der Waals surface area contributed by atoms with E-state index in [0.717, 1.165) is 39.2 Å². The molecular formula is C26H20ClN3O. The Balaban J connectivity index is 1.59. The number of nitrogens with zero attached hydrogens (tertiary/aromatic N) is 3. The summed E-state index contributed by atoms with van der Waals surface area (Å²) in [5.41, 5.74) is 3.58. The summed E-state index contributed by atoms with van der Waals surface area (Å²) in [4.78, 5) is 0. The molecule has 4 nitrogen and oxygen atoms in total. The first-order chi connectivity index (χ1) is 15.2. The molecule has 4 aromatic carbocycles. The molecule has 0 N–H and O–H groups in total. The highest BCUT2D eigenvalue weighted by molar-refractivity contribution is 6.30. The second-order valence-corrected chi connectivity index (χ2v) is 7.75. The van der Waals surface area contributed by atoms with Crippen molar-refractivity contribution >= 4 is 22.4 Å². The molecule has 31 heavy (non-hydrogen) atoms. The molecule has 1 heterocycles. The Kier molecular flexibility index (Phi) is 5.14. The van der Waals surface area contributed by atoms with Crippen LogP contribution in [0.25, 0.3) is 27.7 Å². The minimum atomic E-state index is -0.304. The van der Waals surface area contributed by atoms with Crippen LogP contribution < -0.4 is 4.74 Å². The molecule has 5 heteroatoms. The van der Waals surface area contributed by atoms with E-state index < -0.39 is 0 Å². The van der Waals surface area contributed by atoms with Gasteiger partial charge in [-0.2, -0.15) is 0 Å². The van der Waals surface area contributed by atoms with E-state index in [0.29, 0.717) is 5.02 Å². The molecule has 5 rings (SSSR count). The fourth-order valence-electron chi connectivity index (χ4n) is 3.74. The maximum absolute atomic E-state index is 6.41. The number of hydrogen-bond acceptors (Lipinski definition) is 3. The molecule has 0 bridgehead atoms. The lowest BCUT2D eigenvalue weighted by Gasteiger charge is -2.16. The summed E-state index contributed by atoms with van der Waals surface area (Å²) >= 11 is 6.08. The topological polar surface area (TPSA) is 39.9 Å². The molecule has 1 aromatic heterocycles. The SMILES string of the molecule is CC(Oc1cccc2ccccc12)c1nnn(-c2ccc(Cl)cc2)c1-c1ccccc1. The van der Waals surface area contributed by atoms with Crippen molar-refractivity contribution in [3.63, 3.8) is 0 Å². The van der Waals surface area contributed by atoms with Crippen molar-refractivity contribution in [2.45, 2.75) is 13.0 Å². The fraction of sp³-hybridized carbons (Fsp3) is 0.0769. The van der Waals surface area contributed by atoms with Crippen LogP contribution in [0.5, 0.6) is 5.75 Å². The highest BCUT2D eigenvalue weighted by Gasteiger charge is 2.23. The molecule has 5 aromatic rings. The van der Waals surface area contributed by atoms with Gasteiger partial charge < -0.3 is 4.74 Å². The summed E-state index contributed by atoms with van der Waals surface area (Å²) in [5.74, 6) is 0.825. The zero-order valence-electron chi connectivity index (χ0n) is 16.9. The molecular weight excluding hydrogens is 406 g/mol. The Bertz CT molecular complexity index is 1320. The van der Waals surface area contributed by atoms with Crippen molar-refractivity contribution in [1.29, 1.82) is 0 Å². The van der Waals surface area contributed by atoms with E-state index in [1.807, 2.05) is 78.3 Å². The molecule has 0 aliphatic heterocycles. The van der Waals surface area contributed by atoms with Crippen molar-refractivity contribution in [2.24, 2.45) is 0 Å². The van der Waals surface area contributed by atoms with Crippen LogP contribution in [-0.2, 0) is 0 Å². The van der Waals surface area contributed by atoms with Gasteiger partial charge in [-0.25, -0.2) is 4.68 Å². The standard InChI is InChI=1S/C26H20ClN3O/c1-18(31-24-13-7-11-19-8-5-6-12-23(19)24)25-26(20-9-3-2-4-10-20)30(29-28-25)22-16-14-21(27)15-17-22/h2-18H,1H3. The second-order valence-electron chi connectivity index (χ2n) is 7.31. The van der Waals surface area contributed by atoms with Gasteiger partial charge in [-0.15, -0.1) is 5.10 Å². The van der Waals surface area contributed by atoms with Crippen LogP contribution in [0.3, 0.4) is 0 Å². The van der Waals surface area contributed by atoms with E-state index in [-0.39, 0.29) is 6.10 Å². The first kappa shape index (κ1) is 19.3. The Morgan fingerprint density at radius 1 is 0.806 bits per heavy atom. The van der Waals surface area contributed by atoms with Crippen LogP contribution in [0, 0.1) is 0 Å². The van der Waals surface area contributed by atoms with E-state index in [1.165, 1.54) is 0 Å². The average Bonchev–Trinajstić information content (AvgIpc) is 3.26. The number of rotatable bonds is 5. The third kappa shape index (κ3) is 3.78. The van der Waals surface area contributed by atoms with E-state index in [4.69, 9.17) is 16.3 Å². The Morgan fingerprint density at radius 3 is 2.32 bits per heavy atom. The van der Waals surface area contributed by atoms with Crippen molar-refractivity contribution in [3.05, 3.63) is 108 Å². The van der Waals surface area contributed by atoms with E-state index in [9.17, 15) is 0 Å². The molecule has 1 unspecified atom stereocenters. The van der Waals surface area contributed by atoms with Gasteiger partial charge in [0, 0.05) is 16.0 Å². The van der Waals surface area contributed by atoms with Crippen LogP contribution in [-0.4, -0.2) is 15.0 Å². The fourth-order valence-corrected chi connectivity index (χ4v) is 3.87. The molecule has 0 fully saturated rings. The van der Waals surface area contributed by atoms with E-state index in [1.54, 1.807) is 0 Å². The minimum Gasteiger partial charge on any atom is -0.484 e. The third-order valence-electron chi connectivity index (χ3n) is 5.25. The van der Waals surface area contributed by atoms with Gasteiger partial charge in [-0.1, -0.05) is 83.5 Å². The van der Waals surface area contributed by atoms with Crippen molar-refractivity contribution in [2.75, 3.05) is 0 Å². The highest BCUT2D eigenvalue weighted by atomic mass is 35.5. The lowest BCUT2D eigenvalue weighted by molar-refractivity contribution is 0.225. The van der Waals surface area contributed by atoms with Crippen molar-refractivity contribution in [3.8, 4) is 22.7 Å². The number of fused-ring (bicyclic) bond motifs is 1. The normalized spacial score (nSPS) is 12.1. The number of hydrogen-bond donors (Lipinski definition) is 0. The first-order valence-corrected chi connectivity index (χ1v) is 10.5. The summed E-state index contributed by atoms with van der Waals surface area (Å²) in [5, 5.41) is 11.9. The van der Waals surface area contributed by atoms with Gasteiger partial charge in [0.15, 0.2) is 0 Å². The molecule has 0 aliphatic rings. The average molecular weight is 426 g/mol. The van der Waals surface area contributed by atoms with Gasteiger partial charge in [0.1, 0.15) is 23.2 Å². The van der Waals surface area contributed by atoms with Gasteiger partial charge in [0.2, 0.25) is 0 Å². The molecule has 1 atom stereocenters. The van der Waals surface area contributed by atoms with Crippen LogP contribution >= 0.6 is 11.6 Å². The smallest absolute Gasteiger partial charge is 0.142 e. The number of benzene rings is 4. The summed E-state index contributed by atoms with van der Waals surface area (Å²) in [6.45, 7) is 2.00. The summed E-state index contributed by atoms with van der Waals surface area (Å²) in [6.07, 6.45) is -0.304. The van der Waals surface area contributed by atoms with Crippen LogP contribution in [0.4, 0.5) is 0 Å². The van der Waals surface area contributed by atoms with E-state index >= 15 is 0 Å². The van der Waals surface area contributed by atoms with Crippen LogP contribution in [0.15, 0.2) is 97.1 Å². The van der Waals surface area contributed by atoms with Gasteiger partial charge in [0.05, 0.1) is 5.69 Å².